The Kier molecular flexibility index (Phi) is 4.79. The third-order valence-corrected chi connectivity index (χ3v) is 3.15. The molecule has 94 valence electrons. The van der Waals surface area contributed by atoms with E-state index in [0.717, 1.165) is 15.8 Å². The van der Waals surface area contributed by atoms with E-state index in [9.17, 15) is 5.11 Å². The topological polar surface area (TPSA) is 29.5 Å². The number of hydrogen-bond acceptors (Lipinski definition) is 2. The van der Waals surface area contributed by atoms with E-state index in [1.165, 1.54) is 0 Å². The van der Waals surface area contributed by atoms with Gasteiger partial charge in [0.1, 0.15) is 11.9 Å². The van der Waals surface area contributed by atoms with E-state index in [1.807, 2.05) is 54.6 Å². The quantitative estimate of drug-likeness (QED) is 0.917. The zero-order valence-corrected chi connectivity index (χ0v) is 11.5. The summed E-state index contributed by atoms with van der Waals surface area (Å²) in [7, 11) is 0. The monoisotopic (exact) mass is 306 g/mol. The summed E-state index contributed by atoms with van der Waals surface area (Å²) in [5, 5.41) is 9.37. The Morgan fingerprint density at radius 3 is 2.28 bits per heavy atom. The average Bonchev–Trinajstić information content (AvgIpc) is 2.41. The van der Waals surface area contributed by atoms with Gasteiger partial charge in [-0.3, -0.25) is 0 Å². The van der Waals surface area contributed by atoms with Crippen molar-refractivity contribution in [3.63, 3.8) is 0 Å². The van der Waals surface area contributed by atoms with Gasteiger partial charge >= 0.3 is 0 Å². The summed E-state index contributed by atoms with van der Waals surface area (Å²) < 4.78 is 6.76. The predicted octanol–water partition coefficient (Wildman–Crippen LogP) is 3.43. The highest BCUT2D eigenvalue weighted by atomic mass is 79.9. The van der Waals surface area contributed by atoms with Gasteiger partial charge in [-0.15, -0.1) is 0 Å². The summed E-state index contributed by atoms with van der Waals surface area (Å²) in [6, 6.07) is 17.6. The smallest absolute Gasteiger partial charge is 0.126 e. The molecular weight excluding hydrogens is 292 g/mol. The first kappa shape index (κ1) is 13.1. The van der Waals surface area contributed by atoms with E-state index < -0.39 is 0 Å². The number of aliphatic hydroxyl groups is 1. The van der Waals surface area contributed by atoms with Crippen molar-refractivity contribution in [2.45, 2.75) is 12.5 Å². The van der Waals surface area contributed by atoms with Gasteiger partial charge in [0.15, 0.2) is 0 Å². The first-order valence-electron chi connectivity index (χ1n) is 5.85. The van der Waals surface area contributed by atoms with Crippen molar-refractivity contribution in [3.05, 3.63) is 64.6 Å². The third-order valence-electron chi connectivity index (χ3n) is 2.63. The minimum atomic E-state index is -0.214. The van der Waals surface area contributed by atoms with Crippen molar-refractivity contribution >= 4 is 15.9 Å². The molecule has 1 atom stereocenters. The summed E-state index contributed by atoms with van der Waals surface area (Å²) in [5.41, 5.74) is 1.16. The lowest BCUT2D eigenvalue weighted by Crippen LogP contribution is -2.23. The molecule has 0 aromatic heterocycles. The molecule has 0 radical (unpaired) electrons. The number of halogens is 1. The first-order valence-corrected chi connectivity index (χ1v) is 6.64. The highest BCUT2D eigenvalue weighted by Crippen LogP contribution is 2.18. The van der Waals surface area contributed by atoms with Crippen molar-refractivity contribution in [2.24, 2.45) is 0 Å². The fraction of sp³-hybridized carbons (Fsp3) is 0.200. The van der Waals surface area contributed by atoms with Gasteiger partial charge in [0.25, 0.3) is 0 Å². The van der Waals surface area contributed by atoms with Crippen LogP contribution >= 0.6 is 15.9 Å². The Hall–Kier alpha value is -1.32. The van der Waals surface area contributed by atoms with Crippen LogP contribution in [0.4, 0.5) is 0 Å². The summed E-state index contributed by atoms with van der Waals surface area (Å²) in [6.07, 6.45) is 0.488. The molecule has 0 saturated heterocycles. The number of rotatable bonds is 5. The Morgan fingerprint density at radius 2 is 1.67 bits per heavy atom. The standard InChI is InChI=1S/C15H15BrO2/c16-13-6-8-14(9-7-13)18-15(11-17)10-12-4-2-1-3-5-12/h1-9,15,17H,10-11H2/t15-/m1/s1. The van der Waals surface area contributed by atoms with Crippen LogP contribution in [-0.2, 0) is 6.42 Å². The first-order chi connectivity index (χ1) is 8.78. The highest BCUT2D eigenvalue weighted by Gasteiger charge is 2.10. The fourth-order valence-corrected chi connectivity index (χ4v) is 1.99. The Bertz CT molecular complexity index is 468. The molecule has 0 heterocycles. The summed E-state index contributed by atoms with van der Waals surface area (Å²) >= 11 is 3.38. The van der Waals surface area contributed by atoms with Crippen LogP contribution in [0.2, 0.25) is 0 Å². The maximum Gasteiger partial charge on any atom is 0.126 e. The molecular formula is C15H15BrO2. The highest BCUT2D eigenvalue weighted by molar-refractivity contribution is 9.10. The Balaban J connectivity index is 1.99. The number of benzene rings is 2. The molecule has 0 spiro atoms. The van der Waals surface area contributed by atoms with Crippen molar-refractivity contribution in [2.75, 3.05) is 6.61 Å². The van der Waals surface area contributed by atoms with Gasteiger partial charge in [-0.1, -0.05) is 46.3 Å². The number of aliphatic hydroxyl groups excluding tert-OH is 1. The lowest BCUT2D eigenvalue weighted by molar-refractivity contribution is 0.116. The SMILES string of the molecule is OC[C@@H](Cc1ccccc1)Oc1ccc(Br)cc1. The van der Waals surface area contributed by atoms with Crippen molar-refractivity contribution < 1.29 is 9.84 Å². The van der Waals surface area contributed by atoms with Gasteiger partial charge in [-0.25, -0.2) is 0 Å². The second-order valence-electron chi connectivity index (χ2n) is 4.07. The van der Waals surface area contributed by atoms with Crippen LogP contribution < -0.4 is 4.74 Å². The molecule has 0 aliphatic carbocycles. The third kappa shape index (κ3) is 3.86. The van der Waals surface area contributed by atoms with E-state index in [4.69, 9.17) is 4.74 Å². The fourth-order valence-electron chi connectivity index (χ4n) is 1.73. The average molecular weight is 307 g/mol. The molecule has 18 heavy (non-hydrogen) atoms. The summed E-state index contributed by atoms with van der Waals surface area (Å²) in [4.78, 5) is 0. The second-order valence-corrected chi connectivity index (χ2v) is 4.98. The van der Waals surface area contributed by atoms with Gasteiger partial charge in [0.05, 0.1) is 6.61 Å². The van der Waals surface area contributed by atoms with E-state index in [2.05, 4.69) is 15.9 Å². The van der Waals surface area contributed by atoms with Gasteiger partial charge in [-0.05, 0) is 29.8 Å². The predicted molar refractivity (Wildman–Crippen MR) is 75.8 cm³/mol. The van der Waals surface area contributed by atoms with Gasteiger partial charge in [0, 0.05) is 10.9 Å². The second kappa shape index (κ2) is 6.57. The van der Waals surface area contributed by atoms with Crippen LogP contribution in [0, 0.1) is 0 Å². The molecule has 0 unspecified atom stereocenters. The van der Waals surface area contributed by atoms with E-state index in [1.54, 1.807) is 0 Å². The lowest BCUT2D eigenvalue weighted by Gasteiger charge is -2.17. The normalized spacial score (nSPS) is 12.1. The van der Waals surface area contributed by atoms with Gasteiger partial charge < -0.3 is 9.84 Å². The molecule has 2 rings (SSSR count). The van der Waals surface area contributed by atoms with Crippen LogP contribution in [0.3, 0.4) is 0 Å². The van der Waals surface area contributed by atoms with Crippen LogP contribution in [0.25, 0.3) is 0 Å². The molecule has 1 N–H and O–H groups in total. The van der Waals surface area contributed by atoms with Gasteiger partial charge in [0.2, 0.25) is 0 Å². The number of ether oxygens (including phenoxy) is 1. The Labute approximate surface area is 115 Å². The summed E-state index contributed by atoms with van der Waals surface area (Å²) in [5.74, 6) is 0.771. The van der Waals surface area contributed by atoms with Crippen molar-refractivity contribution in [1.29, 1.82) is 0 Å². The van der Waals surface area contributed by atoms with E-state index in [0.29, 0.717) is 6.42 Å². The van der Waals surface area contributed by atoms with E-state index in [-0.39, 0.29) is 12.7 Å². The number of hydrogen-bond donors (Lipinski definition) is 1. The minimum Gasteiger partial charge on any atom is -0.488 e. The largest absolute Gasteiger partial charge is 0.488 e. The lowest BCUT2D eigenvalue weighted by atomic mass is 10.1. The van der Waals surface area contributed by atoms with Crippen molar-refractivity contribution in [3.8, 4) is 5.75 Å². The molecule has 3 heteroatoms. The molecule has 0 aliphatic rings. The van der Waals surface area contributed by atoms with Gasteiger partial charge in [-0.2, -0.15) is 0 Å². The maximum atomic E-state index is 9.37. The Morgan fingerprint density at radius 1 is 1.00 bits per heavy atom. The summed E-state index contributed by atoms with van der Waals surface area (Å²) in [6.45, 7) is 0.00492. The molecule has 0 amide bonds. The van der Waals surface area contributed by atoms with Crippen LogP contribution in [0.15, 0.2) is 59.1 Å². The molecule has 0 fully saturated rings. The molecule has 0 aliphatic heterocycles. The minimum absolute atomic E-state index is 0.00492. The molecule has 2 aromatic rings. The van der Waals surface area contributed by atoms with Crippen molar-refractivity contribution in [1.82, 2.24) is 0 Å². The molecule has 0 bridgehead atoms. The zero-order chi connectivity index (χ0) is 12.8. The molecule has 2 aromatic carbocycles. The maximum absolute atomic E-state index is 9.37. The van der Waals surface area contributed by atoms with Crippen LogP contribution in [0.1, 0.15) is 5.56 Å². The van der Waals surface area contributed by atoms with Crippen LogP contribution in [-0.4, -0.2) is 17.8 Å². The van der Waals surface area contributed by atoms with E-state index >= 15 is 0 Å². The molecule has 0 saturated carbocycles. The zero-order valence-electron chi connectivity index (χ0n) is 9.92. The van der Waals surface area contributed by atoms with Crippen LogP contribution in [0.5, 0.6) is 5.75 Å². The molecule has 2 nitrogen and oxygen atoms in total.